The van der Waals surface area contributed by atoms with Crippen LogP contribution in [0.2, 0.25) is 0 Å². The summed E-state index contributed by atoms with van der Waals surface area (Å²) in [6.07, 6.45) is 2.26. The first-order valence-electron chi connectivity index (χ1n) is 13.4. The number of anilines is 2. The minimum Gasteiger partial charge on any atom is -0.351 e. The molecule has 0 aliphatic carbocycles. The Balaban J connectivity index is 1.65. The van der Waals surface area contributed by atoms with Gasteiger partial charge in [0.25, 0.3) is 0 Å². The van der Waals surface area contributed by atoms with Crippen molar-refractivity contribution in [3.05, 3.63) is 106 Å². The van der Waals surface area contributed by atoms with E-state index in [1.54, 1.807) is 0 Å². The molecule has 7 heteroatoms. The van der Waals surface area contributed by atoms with E-state index in [0.717, 1.165) is 22.6 Å². The van der Waals surface area contributed by atoms with Crippen LogP contribution in [0.15, 0.2) is 66.9 Å². The van der Waals surface area contributed by atoms with Gasteiger partial charge in [-0.1, -0.05) is 25.1 Å². The van der Waals surface area contributed by atoms with Gasteiger partial charge in [-0.2, -0.15) is 0 Å². The molecular weight excluding hydrogens is 502 g/mol. The number of amides is 1. The second kappa shape index (κ2) is 10.7. The molecule has 39 heavy (non-hydrogen) atoms. The van der Waals surface area contributed by atoms with Crippen LogP contribution in [-0.4, -0.2) is 20.6 Å². The second-order valence-electron chi connectivity index (χ2n) is 10.3. The van der Waals surface area contributed by atoms with Gasteiger partial charge in [0.2, 0.25) is 5.91 Å². The standard InChI is InChI=1S/C32H35N5OS/c1-7-29(38)34-26-14-13-24(17-21(26)4)37-31(30(35-32(37)39)27-10-8-9-15-33-27)25-18-22(5)36(23(25)6)28-16-19(2)11-12-20(28)3/h8-18,30-31H,7H2,1-6H3,(H,34,38)(H,35,39)/t30-,31+/m1/s1. The normalized spacial score (nSPS) is 16.9. The minimum absolute atomic E-state index is 0.00353. The number of aryl methyl sites for hydroxylation is 4. The SMILES string of the molecule is CCC(=O)Nc1ccc(N2C(=S)N[C@H](c3ccccn3)[C@@H]2c2cc(C)n(-c3cc(C)ccc3C)c2C)cc1C. The molecule has 1 fully saturated rings. The van der Waals surface area contributed by atoms with E-state index in [4.69, 9.17) is 17.2 Å². The monoisotopic (exact) mass is 537 g/mol. The van der Waals surface area contributed by atoms with Crippen molar-refractivity contribution >= 4 is 34.6 Å². The van der Waals surface area contributed by atoms with E-state index in [9.17, 15) is 4.79 Å². The van der Waals surface area contributed by atoms with Crippen LogP contribution in [0.25, 0.3) is 5.69 Å². The number of benzene rings is 2. The van der Waals surface area contributed by atoms with Crippen molar-refractivity contribution in [2.45, 2.75) is 60.0 Å². The van der Waals surface area contributed by atoms with E-state index in [1.807, 2.05) is 44.3 Å². The largest absolute Gasteiger partial charge is 0.351 e. The summed E-state index contributed by atoms with van der Waals surface area (Å²) in [4.78, 5) is 18.9. The average Bonchev–Trinajstić information content (AvgIpc) is 3.41. The summed E-state index contributed by atoms with van der Waals surface area (Å²) in [6.45, 7) is 12.5. The summed E-state index contributed by atoms with van der Waals surface area (Å²) < 4.78 is 2.35. The first-order valence-corrected chi connectivity index (χ1v) is 13.8. The molecule has 1 aliphatic rings. The van der Waals surface area contributed by atoms with Gasteiger partial charge >= 0.3 is 0 Å². The molecule has 2 aromatic heterocycles. The van der Waals surface area contributed by atoms with E-state index < -0.39 is 0 Å². The van der Waals surface area contributed by atoms with Crippen molar-refractivity contribution in [2.75, 3.05) is 10.2 Å². The molecule has 0 radical (unpaired) electrons. The third-order valence-corrected chi connectivity index (χ3v) is 7.89. The Kier molecular flexibility index (Phi) is 7.28. The smallest absolute Gasteiger partial charge is 0.224 e. The van der Waals surface area contributed by atoms with Crippen molar-refractivity contribution in [3.63, 3.8) is 0 Å². The van der Waals surface area contributed by atoms with Crippen LogP contribution in [-0.2, 0) is 4.79 Å². The molecule has 6 nitrogen and oxygen atoms in total. The second-order valence-corrected chi connectivity index (χ2v) is 10.7. The molecular formula is C32H35N5OS. The van der Waals surface area contributed by atoms with Crippen LogP contribution < -0.4 is 15.5 Å². The fraction of sp³-hybridized carbons (Fsp3) is 0.281. The molecule has 0 saturated carbocycles. The van der Waals surface area contributed by atoms with Gasteiger partial charge in [0.1, 0.15) is 0 Å². The van der Waals surface area contributed by atoms with Gasteiger partial charge in [-0.25, -0.2) is 0 Å². The zero-order chi connectivity index (χ0) is 27.8. The molecule has 0 unspecified atom stereocenters. The van der Waals surface area contributed by atoms with Gasteiger partial charge in [-0.15, -0.1) is 0 Å². The molecule has 1 amide bonds. The zero-order valence-corrected chi connectivity index (χ0v) is 24.2. The molecule has 4 aromatic rings. The maximum absolute atomic E-state index is 12.0. The highest BCUT2D eigenvalue weighted by Crippen LogP contribution is 2.44. The Morgan fingerprint density at radius 1 is 1.00 bits per heavy atom. The molecule has 0 bridgehead atoms. The first kappa shape index (κ1) is 26.6. The molecule has 1 saturated heterocycles. The predicted molar refractivity (Wildman–Crippen MR) is 163 cm³/mol. The Bertz CT molecular complexity index is 1560. The van der Waals surface area contributed by atoms with Gasteiger partial charge < -0.3 is 20.1 Å². The number of hydrogen-bond donors (Lipinski definition) is 2. The van der Waals surface area contributed by atoms with Gasteiger partial charge in [0.05, 0.1) is 17.8 Å². The highest BCUT2D eigenvalue weighted by Gasteiger charge is 2.42. The van der Waals surface area contributed by atoms with Crippen LogP contribution >= 0.6 is 12.2 Å². The van der Waals surface area contributed by atoms with Crippen LogP contribution in [0, 0.1) is 34.6 Å². The van der Waals surface area contributed by atoms with Crippen LogP contribution in [0.3, 0.4) is 0 Å². The number of carbonyl (C=O) groups excluding carboxylic acids is 1. The van der Waals surface area contributed by atoms with Crippen molar-refractivity contribution in [3.8, 4) is 5.69 Å². The fourth-order valence-electron chi connectivity index (χ4n) is 5.54. The third kappa shape index (κ3) is 4.94. The quantitative estimate of drug-likeness (QED) is 0.261. The highest BCUT2D eigenvalue weighted by atomic mass is 32.1. The summed E-state index contributed by atoms with van der Waals surface area (Å²) in [6, 6.07) is 20.7. The molecule has 5 rings (SSSR count). The molecule has 1 aliphatic heterocycles. The summed E-state index contributed by atoms with van der Waals surface area (Å²) in [7, 11) is 0. The third-order valence-electron chi connectivity index (χ3n) is 7.58. The Labute approximate surface area is 236 Å². The van der Waals surface area contributed by atoms with E-state index in [2.05, 4.69) is 84.2 Å². The number of rotatable bonds is 6. The van der Waals surface area contributed by atoms with E-state index in [0.29, 0.717) is 11.5 Å². The summed E-state index contributed by atoms with van der Waals surface area (Å²) in [5.41, 5.74) is 10.9. The lowest BCUT2D eigenvalue weighted by Crippen LogP contribution is -2.29. The molecule has 200 valence electrons. The molecule has 2 N–H and O–H groups in total. The number of thiocarbonyl (C=S) groups is 1. The lowest BCUT2D eigenvalue weighted by atomic mass is 9.96. The molecule has 3 heterocycles. The number of carbonyl (C=O) groups is 1. The lowest BCUT2D eigenvalue weighted by molar-refractivity contribution is -0.115. The number of aromatic nitrogens is 2. The zero-order valence-electron chi connectivity index (χ0n) is 23.4. The van der Waals surface area contributed by atoms with Crippen molar-refractivity contribution in [1.29, 1.82) is 0 Å². The first-order chi connectivity index (χ1) is 18.7. The molecule has 0 spiro atoms. The van der Waals surface area contributed by atoms with Crippen molar-refractivity contribution in [1.82, 2.24) is 14.9 Å². The van der Waals surface area contributed by atoms with E-state index in [1.165, 1.54) is 33.8 Å². The van der Waals surface area contributed by atoms with Gasteiger partial charge in [-0.05, 0) is 112 Å². The van der Waals surface area contributed by atoms with Crippen LogP contribution in [0.5, 0.6) is 0 Å². The Morgan fingerprint density at radius 3 is 2.49 bits per heavy atom. The average molecular weight is 538 g/mol. The highest BCUT2D eigenvalue weighted by molar-refractivity contribution is 7.80. The van der Waals surface area contributed by atoms with Crippen molar-refractivity contribution in [2.24, 2.45) is 0 Å². The minimum atomic E-state index is -0.133. The lowest BCUT2D eigenvalue weighted by Gasteiger charge is -2.29. The van der Waals surface area contributed by atoms with E-state index in [-0.39, 0.29) is 18.0 Å². The summed E-state index contributed by atoms with van der Waals surface area (Å²) >= 11 is 5.97. The van der Waals surface area contributed by atoms with Crippen LogP contribution in [0.4, 0.5) is 11.4 Å². The van der Waals surface area contributed by atoms with E-state index >= 15 is 0 Å². The van der Waals surface area contributed by atoms with Crippen molar-refractivity contribution < 1.29 is 4.79 Å². The number of nitrogens with zero attached hydrogens (tertiary/aromatic N) is 3. The fourth-order valence-corrected chi connectivity index (χ4v) is 5.89. The number of pyridine rings is 1. The van der Waals surface area contributed by atoms with Crippen LogP contribution in [0.1, 0.15) is 64.8 Å². The number of nitrogens with one attached hydrogen (secondary N) is 2. The van der Waals surface area contributed by atoms with Gasteiger partial charge in [0.15, 0.2) is 5.11 Å². The maximum atomic E-state index is 12.0. The van der Waals surface area contributed by atoms with Gasteiger partial charge in [-0.3, -0.25) is 9.78 Å². The maximum Gasteiger partial charge on any atom is 0.224 e. The summed E-state index contributed by atoms with van der Waals surface area (Å²) in [5.74, 6) is -0.00353. The molecule has 2 atom stereocenters. The van der Waals surface area contributed by atoms with Gasteiger partial charge in [0, 0.05) is 41.1 Å². The topological polar surface area (TPSA) is 62.2 Å². The number of hydrogen-bond acceptors (Lipinski definition) is 3. The Morgan fingerprint density at radius 2 is 1.79 bits per heavy atom. The summed E-state index contributed by atoms with van der Waals surface area (Å²) in [5, 5.41) is 7.22. The Hall–Kier alpha value is -3.97. The predicted octanol–water partition coefficient (Wildman–Crippen LogP) is 6.94. The molecule has 2 aromatic carbocycles.